The molecule has 33 heavy (non-hydrogen) atoms. The van der Waals surface area contributed by atoms with Crippen molar-refractivity contribution in [3.63, 3.8) is 0 Å². The lowest BCUT2D eigenvalue weighted by Gasteiger charge is -2.35. The predicted octanol–water partition coefficient (Wildman–Crippen LogP) is 3.21. The minimum Gasteiger partial charge on any atom is -0.477 e. The number of hydrogen-bond donors (Lipinski definition) is 2. The van der Waals surface area contributed by atoms with Crippen molar-refractivity contribution in [1.82, 2.24) is 14.9 Å². The lowest BCUT2D eigenvalue weighted by molar-refractivity contribution is 0.0695. The smallest absolute Gasteiger partial charge is 0.341 e. The first kappa shape index (κ1) is 21.0. The summed E-state index contributed by atoms with van der Waals surface area (Å²) < 4.78 is 29.9. The highest BCUT2D eigenvalue weighted by Crippen LogP contribution is 2.29. The number of aryl methyl sites for hydroxylation is 1. The first-order valence-electron chi connectivity index (χ1n) is 10.4. The van der Waals surface area contributed by atoms with E-state index in [4.69, 9.17) is 0 Å². The fourth-order valence-corrected chi connectivity index (χ4v) is 4.35. The molecule has 0 saturated carbocycles. The van der Waals surface area contributed by atoms with Crippen molar-refractivity contribution in [2.45, 2.75) is 6.04 Å². The van der Waals surface area contributed by atoms with Crippen LogP contribution < -0.4 is 15.6 Å². The van der Waals surface area contributed by atoms with Crippen LogP contribution in [0.1, 0.15) is 22.0 Å². The normalized spacial score (nSPS) is 16.5. The number of anilines is 1. The van der Waals surface area contributed by atoms with Crippen LogP contribution >= 0.6 is 0 Å². The molecule has 1 saturated heterocycles. The van der Waals surface area contributed by atoms with E-state index in [9.17, 15) is 19.1 Å². The van der Waals surface area contributed by atoms with Crippen molar-refractivity contribution in [2.24, 2.45) is 7.05 Å². The number of nitrogens with one attached hydrogen (secondary N) is 1. The monoisotopic (exact) mass is 450 g/mol. The first-order chi connectivity index (χ1) is 15.8. The number of aromatic nitrogens is 2. The van der Waals surface area contributed by atoms with Gasteiger partial charge < -0.3 is 19.9 Å². The molecule has 168 valence electrons. The molecule has 2 aromatic carbocycles. The van der Waals surface area contributed by atoms with Gasteiger partial charge in [0.05, 0.1) is 16.6 Å². The van der Waals surface area contributed by atoms with Gasteiger partial charge in [-0.05, 0) is 35.9 Å². The Hall–Kier alpha value is -3.85. The second-order valence-corrected chi connectivity index (χ2v) is 8.15. The molecule has 0 amide bonds. The summed E-state index contributed by atoms with van der Waals surface area (Å²) in [5.41, 5.74) is 1.09. The van der Waals surface area contributed by atoms with E-state index in [0.717, 1.165) is 5.56 Å². The molecular formula is C24H20F2N4O3. The molecule has 3 heterocycles. The Morgan fingerprint density at radius 1 is 1.18 bits per heavy atom. The van der Waals surface area contributed by atoms with Crippen LogP contribution in [0.5, 0.6) is 0 Å². The number of carbonyl (C=O) groups is 1. The summed E-state index contributed by atoms with van der Waals surface area (Å²) in [5.74, 6) is -2.10. The number of rotatable bonds is 3. The van der Waals surface area contributed by atoms with Gasteiger partial charge in [-0.25, -0.2) is 18.6 Å². The van der Waals surface area contributed by atoms with Crippen molar-refractivity contribution in [3.8, 4) is 0 Å². The minimum absolute atomic E-state index is 0.0886. The van der Waals surface area contributed by atoms with Crippen molar-refractivity contribution in [3.05, 3.63) is 81.6 Å². The van der Waals surface area contributed by atoms with Gasteiger partial charge in [-0.2, -0.15) is 0 Å². The predicted molar refractivity (Wildman–Crippen MR) is 121 cm³/mol. The maximum Gasteiger partial charge on any atom is 0.341 e. The zero-order valence-electron chi connectivity index (χ0n) is 17.7. The van der Waals surface area contributed by atoms with Crippen LogP contribution in [0.15, 0.2) is 53.5 Å². The molecule has 5 rings (SSSR count). The molecule has 1 aliphatic rings. The van der Waals surface area contributed by atoms with Crippen molar-refractivity contribution in [1.29, 1.82) is 0 Å². The molecule has 1 aliphatic heterocycles. The summed E-state index contributed by atoms with van der Waals surface area (Å²) in [6.07, 6.45) is 1.24. The van der Waals surface area contributed by atoms with E-state index in [1.165, 1.54) is 35.0 Å². The Kier molecular flexibility index (Phi) is 5.05. The largest absolute Gasteiger partial charge is 0.477 e. The fraction of sp³-hybridized carbons (Fsp3) is 0.208. The van der Waals surface area contributed by atoms with E-state index in [-0.39, 0.29) is 22.8 Å². The molecule has 1 unspecified atom stereocenters. The third-order valence-electron chi connectivity index (χ3n) is 6.03. The molecule has 7 nitrogen and oxygen atoms in total. The Balaban J connectivity index is 1.57. The summed E-state index contributed by atoms with van der Waals surface area (Å²) in [6.45, 7) is 1.69. The van der Waals surface area contributed by atoms with E-state index >= 15 is 4.39 Å². The second kappa shape index (κ2) is 7.93. The van der Waals surface area contributed by atoms with Gasteiger partial charge >= 0.3 is 5.97 Å². The number of carboxylic acids is 1. The average Bonchev–Trinajstić information content (AvgIpc) is 2.80. The van der Waals surface area contributed by atoms with Gasteiger partial charge in [-0.1, -0.05) is 12.1 Å². The number of hydrogen-bond acceptors (Lipinski definition) is 5. The maximum atomic E-state index is 15.2. The summed E-state index contributed by atoms with van der Waals surface area (Å²) in [5, 5.41) is 13.2. The van der Waals surface area contributed by atoms with E-state index < -0.39 is 17.2 Å². The van der Waals surface area contributed by atoms with E-state index in [1.807, 2.05) is 4.90 Å². The van der Waals surface area contributed by atoms with Crippen LogP contribution in [0, 0.1) is 11.6 Å². The lowest BCUT2D eigenvalue weighted by Crippen LogP contribution is -2.46. The maximum absolute atomic E-state index is 15.2. The summed E-state index contributed by atoms with van der Waals surface area (Å²) >= 11 is 0. The van der Waals surface area contributed by atoms with Gasteiger partial charge in [0.25, 0.3) is 0 Å². The van der Waals surface area contributed by atoms with Gasteiger partial charge in [0.1, 0.15) is 22.8 Å². The lowest BCUT2D eigenvalue weighted by atomic mass is 10.0. The zero-order valence-corrected chi connectivity index (χ0v) is 17.7. The number of halogens is 2. The number of piperazine rings is 1. The highest BCUT2D eigenvalue weighted by atomic mass is 19.1. The zero-order chi connectivity index (χ0) is 23.3. The molecule has 2 N–H and O–H groups in total. The van der Waals surface area contributed by atoms with Crippen molar-refractivity contribution >= 4 is 33.6 Å². The van der Waals surface area contributed by atoms with Crippen molar-refractivity contribution < 1.29 is 18.7 Å². The van der Waals surface area contributed by atoms with Crippen LogP contribution in [0.3, 0.4) is 0 Å². The summed E-state index contributed by atoms with van der Waals surface area (Å²) in [6, 6.07) is 10.6. The van der Waals surface area contributed by atoms with E-state index in [0.29, 0.717) is 41.9 Å². The van der Waals surface area contributed by atoms with Gasteiger partial charge in [0, 0.05) is 44.3 Å². The Morgan fingerprint density at radius 2 is 1.94 bits per heavy atom. The number of fused-ring (bicyclic) bond motifs is 2. The molecule has 0 spiro atoms. The Morgan fingerprint density at radius 3 is 2.67 bits per heavy atom. The number of nitrogens with zero attached hydrogens (tertiary/aromatic N) is 3. The highest BCUT2D eigenvalue weighted by Gasteiger charge is 2.24. The molecular weight excluding hydrogens is 430 g/mol. The van der Waals surface area contributed by atoms with Gasteiger partial charge in [-0.3, -0.25) is 4.79 Å². The third-order valence-corrected chi connectivity index (χ3v) is 6.03. The average molecular weight is 450 g/mol. The molecule has 2 aromatic heterocycles. The van der Waals surface area contributed by atoms with E-state index in [1.54, 1.807) is 25.2 Å². The number of aromatic carboxylic acids is 1. The highest BCUT2D eigenvalue weighted by molar-refractivity contribution is 5.96. The van der Waals surface area contributed by atoms with Crippen LogP contribution in [0.25, 0.3) is 21.9 Å². The Bertz CT molecular complexity index is 1470. The number of benzene rings is 2. The Labute approximate surface area is 186 Å². The van der Waals surface area contributed by atoms with Crippen LogP contribution in [-0.4, -0.2) is 40.3 Å². The SMILES string of the molecule is Cn1cc(C(=O)O)c(=O)c2cc3cc(F)c(N4CCNC(c5ccc(F)cc5)C4)cc3nc21. The fourth-order valence-electron chi connectivity index (χ4n) is 4.35. The first-order valence-corrected chi connectivity index (χ1v) is 10.4. The molecule has 0 radical (unpaired) electrons. The quantitative estimate of drug-likeness (QED) is 0.466. The summed E-state index contributed by atoms with van der Waals surface area (Å²) in [7, 11) is 1.61. The second-order valence-electron chi connectivity index (χ2n) is 8.15. The van der Waals surface area contributed by atoms with Crippen molar-refractivity contribution in [2.75, 3.05) is 24.5 Å². The molecule has 0 aliphatic carbocycles. The minimum atomic E-state index is -1.33. The van der Waals surface area contributed by atoms with Gasteiger partial charge in [0.15, 0.2) is 0 Å². The van der Waals surface area contributed by atoms with E-state index in [2.05, 4.69) is 10.3 Å². The third kappa shape index (κ3) is 3.70. The molecule has 1 atom stereocenters. The number of pyridine rings is 2. The number of carboxylic acid groups (broad SMARTS) is 1. The van der Waals surface area contributed by atoms with Gasteiger partial charge in [-0.15, -0.1) is 0 Å². The molecule has 9 heteroatoms. The molecule has 4 aromatic rings. The summed E-state index contributed by atoms with van der Waals surface area (Å²) in [4.78, 5) is 30.4. The topological polar surface area (TPSA) is 87.5 Å². The molecule has 1 fully saturated rings. The molecule has 0 bridgehead atoms. The van der Waals surface area contributed by atoms with Gasteiger partial charge in [0.2, 0.25) is 5.43 Å². The van der Waals surface area contributed by atoms with Crippen LogP contribution in [0.4, 0.5) is 14.5 Å². The van der Waals surface area contributed by atoms with Crippen LogP contribution in [0.2, 0.25) is 0 Å². The standard InChI is InChI=1S/C24H20F2N4O3/c1-29-11-17(24(32)33)22(31)16-8-14-9-18(26)21(10-19(14)28-23(16)29)30-7-6-27-20(12-30)13-2-4-15(25)5-3-13/h2-5,8-11,20,27H,6-7,12H2,1H3,(H,32,33). The van der Waals surface area contributed by atoms with Crippen LogP contribution in [-0.2, 0) is 7.05 Å².